The third kappa shape index (κ3) is 3.20. The lowest BCUT2D eigenvalue weighted by molar-refractivity contribution is 0.568. The van der Waals surface area contributed by atoms with Crippen LogP contribution >= 0.6 is 34.5 Å². The fourth-order valence-corrected chi connectivity index (χ4v) is 3.66. The molecule has 1 aromatic carbocycles. The Bertz CT molecular complexity index is 743. The second kappa shape index (κ2) is 6.05. The van der Waals surface area contributed by atoms with Gasteiger partial charge in [0, 0.05) is 16.8 Å². The molecule has 0 aliphatic rings. The number of thiophene rings is 1. The normalized spacial score (nSPS) is 12.3. The Labute approximate surface area is 135 Å². The first-order chi connectivity index (χ1) is 10.1. The van der Waals surface area contributed by atoms with E-state index in [1.807, 2.05) is 37.3 Å². The van der Waals surface area contributed by atoms with Gasteiger partial charge in [0.15, 0.2) is 0 Å². The molecule has 0 aliphatic heterocycles. The highest BCUT2D eigenvalue weighted by molar-refractivity contribution is 7.20. The third-order valence-electron chi connectivity index (χ3n) is 3.00. The summed E-state index contributed by atoms with van der Waals surface area (Å²) < 4.78 is 6.59. The monoisotopic (exact) mass is 339 g/mol. The van der Waals surface area contributed by atoms with Crippen LogP contribution in [0.5, 0.6) is 0 Å². The first-order valence-electron chi connectivity index (χ1n) is 6.21. The molecule has 0 radical (unpaired) electrons. The summed E-state index contributed by atoms with van der Waals surface area (Å²) in [4.78, 5) is 0. The predicted molar refractivity (Wildman–Crippen MR) is 86.1 cm³/mol. The lowest BCUT2D eigenvalue weighted by atomic mass is 10.1. The van der Waals surface area contributed by atoms with Gasteiger partial charge in [0.05, 0.1) is 14.7 Å². The largest absolute Gasteiger partial charge is 0.423 e. The van der Waals surface area contributed by atoms with Gasteiger partial charge in [0.25, 0.3) is 0 Å². The van der Waals surface area contributed by atoms with Crippen molar-refractivity contribution in [2.24, 2.45) is 0 Å². The molecule has 1 N–H and O–H groups in total. The minimum atomic E-state index is 0.0409. The maximum absolute atomic E-state index is 6.18. The molecule has 0 saturated carbocycles. The van der Waals surface area contributed by atoms with Gasteiger partial charge in [-0.1, -0.05) is 29.3 Å². The standard InChI is InChI=1S/C14H11Cl2N3OS/c1-8(11-6-12(15)21-13(11)16)18-10-4-2-3-9(5-10)14-19-17-7-20-14/h2-8,18H,1H3. The molecule has 21 heavy (non-hydrogen) atoms. The fraction of sp³-hybridized carbons (Fsp3) is 0.143. The third-order valence-corrected chi connectivity index (χ3v) is 4.52. The van der Waals surface area contributed by atoms with Crippen LogP contribution in [0.1, 0.15) is 18.5 Å². The molecule has 1 atom stereocenters. The highest BCUT2D eigenvalue weighted by Gasteiger charge is 2.14. The number of nitrogens with one attached hydrogen (secondary N) is 1. The Morgan fingerprint density at radius 3 is 2.81 bits per heavy atom. The number of benzene rings is 1. The minimum absolute atomic E-state index is 0.0409. The molecule has 3 rings (SSSR count). The van der Waals surface area contributed by atoms with Gasteiger partial charge >= 0.3 is 0 Å². The molecule has 0 saturated heterocycles. The van der Waals surface area contributed by atoms with Gasteiger partial charge in [-0.2, -0.15) is 0 Å². The summed E-state index contributed by atoms with van der Waals surface area (Å²) in [6.07, 6.45) is 1.31. The molecule has 7 heteroatoms. The van der Waals surface area contributed by atoms with Crippen molar-refractivity contribution in [2.45, 2.75) is 13.0 Å². The zero-order valence-corrected chi connectivity index (χ0v) is 13.3. The summed E-state index contributed by atoms with van der Waals surface area (Å²) in [7, 11) is 0. The quantitative estimate of drug-likeness (QED) is 0.702. The van der Waals surface area contributed by atoms with Crippen LogP contribution in [0.25, 0.3) is 11.5 Å². The zero-order valence-electron chi connectivity index (χ0n) is 11.0. The van der Waals surface area contributed by atoms with Crippen molar-refractivity contribution in [1.29, 1.82) is 0 Å². The molecule has 2 heterocycles. The molecule has 0 amide bonds. The number of anilines is 1. The van der Waals surface area contributed by atoms with E-state index >= 15 is 0 Å². The summed E-state index contributed by atoms with van der Waals surface area (Å²) in [6, 6.07) is 9.69. The van der Waals surface area contributed by atoms with Gasteiger partial charge in [-0.15, -0.1) is 21.5 Å². The molecule has 0 bridgehead atoms. The SMILES string of the molecule is CC(Nc1cccc(-c2nnco2)c1)c1cc(Cl)sc1Cl. The Morgan fingerprint density at radius 2 is 2.14 bits per heavy atom. The van der Waals surface area contributed by atoms with E-state index in [1.54, 1.807) is 0 Å². The minimum Gasteiger partial charge on any atom is -0.423 e. The van der Waals surface area contributed by atoms with Crippen LogP contribution in [-0.4, -0.2) is 10.2 Å². The molecular weight excluding hydrogens is 329 g/mol. The molecule has 2 aromatic heterocycles. The number of hydrogen-bond donors (Lipinski definition) is 1. The average Bonchev–Trinajstić information content (AvgIpc) is 3.08. The second-order valence-electron chi connectivity index (χ2n) is 4.47. The van der Waals surface area contributed by atoms with Gasteiger partial charge < -0.3 is 9.73 Å². The van der Waals surface area contributed by atoms with Gasteiger partial charge in [-0.05, 0) is 31.2 Å². The van der Waals surface area contributed by atoms with E-state index in [-0.39, 0.29) is 6.04 Å². The van der Waals surface area contributed by atoms with Crippen LogP contribution in [0.15, 0.2) is 41.1 Å². The van der Waals surface area contributed by atoms with Crippen molar-refractivity contribution in [2.75, 3.05) is 5.32 Å². The van der Waals surface area contributed by atoms with Crippen molar-refractivity contribution in [3.63, 3.8) is 0 Å². The highest BCUT2D eigenvalue weighted by Crippen LogP contribution is 2.36. The van der Waals surface area contributed by atoms with Crippen molar-refractivity contribution in [3.05, 3.63) is 51.0 Å². The maximum Gasteiger partial charge on any atom is 0.247 e. The summed E-state index contributed by atoms with van der Waals surface area (Å²) in [5.41, 5.74) is 2.78. The predicted octanol–water partition coefficient (Wildman–Crippen LogP) is 5.28. The Balaban J connectivity index is 1.82. The van der Waals surface area contributed by atoms with Crippen molar-refractivity contribution >= 4 is 40.2 Å². The van der Waals surface area contributed by atoms with Crippen molar-refractivity contribution in [3.8, 4) is 11.5 Å². The van der Waals surface area contributed by atoms with E-state index < -0.39 is 0 Å². The maximum atomic E-state index is 6.18. The van der Waals surface area contributed by atoms with Crippen LogP contribution in [-0.2, 0) is 0 Å². The Morgan fingerprint density at radius 1 is 1.29 bits per heavy atom. The summed E-state index contributed by atoms with van der Waals surface area (Å²) in [5, 5.41) is 11.0. The molecule has 0 spiro atoms. The summed E-state index contributed by atoms with van der Waals surface area (Å²) in [6.45, 7) is 2.03. The Kier molecular flexibility index (Phi) is 4.14. The van der Waals surface area contributed by atoms with Crippen LogP contribution in [0.3, 0.4) is 0 Å². The van der Waals surface area contributed by atoms with Crippen LogP contribution in [0, 0.1) is 0 Å². The number of nitrogens with zero attached hydrogens (tertiary/aromatic N) is 2. The van der Waals surface area contributed by atoms with E-state index in [1.165, 1.54) is 17.7 Å². The van der Waals surface area contributed by atoms with Crippen LogP contribution < -0.4 is 5.32 Å². The van der Waals surface area contributed by atoms with Crippen molar-refractivity contribution in [1.82, 2.24) is 10.2 Å². The van der Waals surface area contributed by atoms with Gasteiger partial charge in [-0.3, -0.25) is 0 Å². The van der Waals surface area contributed by atoms with Gasteiger partial charge in [0.1, 0.15) is 0 Å². The van der Waals surface area contributed by atoms with E-state index in [0.29, 0.717) is 14.6 Å². The zero-order chi connectivity index (χ0) is 14.8. The fourth-order valence-electron chi connectivity index (χ4n) is 2.02. The molecule has 1 unspecified atom stereocenters. The lowest BCUT2D eigenvalue weighted by Gasteiger charge is -2.15. The second-order valence-corrected chi connectivity index (χ2v) is 6.76. The number of hydrogen-bond acceptors (Lipinski definition) is 5. The van der Waals surface area contributed by atoms with Crippen LogP contribution in [0.4, 0.5) is 5.69 Å². The number of rotatable bonds is 4. The van der Waals surface area contributed by atoms with E-state index in [0.717, 1.165) is 16.8 Å². The number of aromatic nitrogens is 2. The average molecular weight is 340 g/mol. The molecular formula is C14H11Cl2N3OS. The topological polar surface area (TPSA) is 51.0 Å². The smallest absolute Gasteiger partial charge is 0.247 e. The number of halogens is 2. The van der Waals surface area contributed by atoms with Gasteiger partial charge in [-0.25, -0.2) is 0 Å². The molecule has 108 valence electrons. The molecule has 4 nitrogen and oxygen atoms in total. The molecule has 0 aliphatic carbocycles. The van der Waals surface area contributed by atoms with Crippen LogP contribution in [0.2, 0.25) is 8.67 Å². The van der Waals surface area contributed by atoms with E-state index in [4.69, 9.17) is 27.6 Å². The van der Waals surface area contributed by atoms with E-state index in [2.05, 4.69) is 15.5 Å². The molecule has 0 fully saturated rings. The van der Waals surface area contributed by atoms with E-state index in [9.17, 15) is 0 Å². The highest BCUT2D eigenvalue weighted by atomic mass is 35.5. The van der Waals surface area contributed by atoms with Gasteiger partial charge in [0.2, 0.25) is 12.3 Å². The van der Waals surface area contributed by atoms with Crippen molar-refractivity contribution < 1.29 is 4.42 Å². The first kappa shape index (κ1) is 14.4. The molecule has 3 aromatic rings. The first-order valence-corrected chi connectivity index (χ1v) is 7.78. The summed E-state index contributed by atoms with van der Waals surface area (Å²) >= 11 is 13.5. The summed E-state index contributed by atoms with van der Waals surface area (Å²) in [5.74, 6) is 0.489. The Hall–Kier alpha value is -1.56. The lowest BCUT2D eigenvalue weighted by Crippen LogP contribution is -2.05.